The lowest BCUT2D eigenvalue weighted by molar-refractivity contribution is 0.0692. The van der Waals surface area contributed by atoms with Crippen LogP contribution in [-0.4, -0.2) is 27.0 Å². The molecule has 0 saturated carbocycles. The predicted octanol–water partition coefficient (Wildman–Crippen LogP) is 0.853. The van der Waals surface area contributed by atoms with Crippen molar-refractivity contribution < 1.29 is 19.4 Å². The number of ether oxygens (including phenoxy) is 1. The molecule has 20 heavy (non-hydrogen) atoms. The molecule has 1 heterocycles. The fourth-order valence-corrected chi connectivity index (χ4v) is 1.52. The number of carboxylic acid groups (broad SMARTS) is 1. The van der Waals surface area contributed by atoms with E-state index in [0.717, 1.165) is 0 Å². The Kier molecular flexibility index (Phi) is 3.90. The maximum atomic E-state index is 11.0. The summed E-state index contributed by atoms with van der Waals surface area (Å²) >= 11 is 0. The maximum absolute atomic E-state index is 11.0. The number of aromatic carboxylic acids is 1. The third kappa shape index (κ3) is 3.08. The van der Waals surface area contributed by atoms with Gasteiger partial charge in [-0.15, -0.1) is 0 Å². The summed E-state index contributed by atoms with van der Waals surface area (Å²) in [6.07, 6.45) is 2.46. The van der Waals surface area contributed by atoms with E-state index >= 15 is 0 Å². The molecule has 0 atom stereocenters. The number of aromatic nitrogens is 2. The van der Waals surface area contributed by atoms with Crippen LogP contribution in [0.1, 0.15) is 26.4 Å². The zero-order valence-electron chi connectivity index (χ0n) is 10.3. The lowest BCUT2D eigenvalue weighted by Crippen LogP contribution is -2.11. The van der Waals surface area contributed by atoms with E-state index in [2.05, 4.69) is 9.97 Å². The monoisotopic (exact) mass is 273 g/mol. The molecule has 0 saturated heterocycles. The SMILES string of the molecule is NC(=O)c1ccc(OCc2ncncc2C(=O)O)cc1. The second-order valence-electron chi connectivity index (χ2n) is 3.87. The molecule has 0 aliphatic carbocycles. The average molecular weight is 273 g/mol. The Hall–Kier alpha value is -2.96. The third-order valence-corrected chi connectivity index (χ3v) is 2.54. The number of hydrogen-bond acceptors (Lipinski definition) is 5. The topological polar surface area (TPSA) is 115 Å². The number of carboxylic acids is 1. The molecule has 2 aromatic rings. The van der Waals surface area contributed by atoms with Crippen LogP contribution in [-0.2, 0) is 6.61 Å². The number of nitrogens with zero attached hydrogens (tertiary/aromatic N) is 2. The van der Waals surface area contributed by atoms with E-state index < -0.39 is 11.9 Å². The highest BCUT2D eigenvalue weighted by Gasteiger charge is 2.11. The highest BCUT2D eigenvalue weighted by molar-refractivity contribution is 5.92. The number of carbonyl (C=O) groups excluding carboxylic acids is 1. The summed E-state index contributed by atoms with van der Waals surface area (Å²) in [6, 6.07) is 6.19. The van der Waals surface area contributed by atoms with E-state index in [4.69, 9.17) is 15.6 Å². The van der Waals surface area contributed by atoms with Crippen LogP contribution in [0.4, 0.5) is 0 Å². The van der Waals surface area contributed by atoms with Crippen molar-refractivity contribution in [3.05, 3.63) is 53.6 Å². The van der Waals surface area contributed by atoms with Gasteiger partial charge in [-0.2, -0.15) is 0 Å². The van der Waals surface area contributed by atoms with Crippen LogP contribution >= 0.6 is 0 Å². The first-order chi connectivity index (χ1) is 9.58. The van der Waals surface area contributed by atoms with Gasteiger partial charge in [-0.05, 0) is 24.3 Å². The molecule has 0 fully saturated rings. The number of amides is 1. The largest absolute Gasteiger partial charge is 0.487 e. The second kappa shape index (κ2) is 5.79. The first-order valence-electron chi connectivity index (χ1n) is 5.63. The summed E-state index contributed by atoms with van der Waals surface area (Å²) in [5, 5.41) is 8.97. The molecular formula is C13H11N3O4. The number of primary amides is 1. The molecule has 7 heteroatoms. The van der Waals surface area contributed by atoms with E-state index in [-0.39, 0.29) is 17.9 Å². The van der Waals surface area contributed by atoms with Crippen LogP contribution in [0.3, 0.4) is 0 Å². The van der Waals surface area contributed by atoms with Crippen LogP contribution in [0.2, 0.25) is 0 Å². The summed E-state index contributed by atoms with van der Waals surface area (Å²) in [5.41, 5.74) is 5.74. The summed E-state index contributed by atoms with van der Waals surface area (Å²) in [6.45, 7) is -0.0138. The molecule has 7 nitrogen and oxygen atoms in total. The lowest BCUT2D eigenvalue weighted by Gasteiger charge is -2.07. The fourth-order valence-electron chi connectivity index (χ4n) is 1.52. The van der Waals surface area contributed by atoms with Crippen molar-refractivity contribution in [2.24, 2.45) is 5.73 Å². The first-order valence-corrected chi connectivity index (χ1v) is 5.63. The minimum Gasteiger partial charge on any atom is -0.487 e. The Morgan fingerprint density at radius 1 is 1.25 bits per heavy atom. The van der Waals surface area contributed by atoms with Gasteiger partial charge in [0.25, 0.3) is 0 Å². The van der Waals surface area contributed by atoms with Gasteiger partial charge in [-0.3, -0.25) is 4.79 Å². The van der Waals surface area contributed by atoms with Crippen LogP contribution in [0.15, 0.2) is 36.8 Å². The minimum absolute atomic E-state index is 0.0127. The Labute approximate surface area is 114 Å². The zero-order valence-corrected chi connectivity index (χ0v) is 10.3. The first kappa shape index (κ1) is 13.5. The number of nitrogens with two attached hydrogens (primary N) is 1. The standard InChI is InChI=1S/C13H11N3O4/c14-12(17)8-1-3-9(4-2-8)20-6-11-10(13(18)19)5-15-7-16-11/h1-5,7H,6H2,(H2,14,17)(H,18,19). The molecule has 0 radical (unpaired) electrons. The number of carbonyl (C=O) groups is 2. The smallest absolute Gasteiger partial charge is 0.339 e. The van der Waals surface area contributed by atoms with E-state index in [9.17, 15) is 9.59 Å². The van der Waals surface area contributed by atoms with Crippen molar-refractivity contribution in [3.8, 4) is 5.75 Å². The van der Waals surface area contributed by atoms with E-state index in [1.165, 1.54) is 24.7 Å². The Morgan fingerprint density at radius 2 is 1.95 bits per heavy atom. The lowest BCUT2D eigenvalue weighted by atomic mass is 10.2. The molecule has 0 bridgehead atoms. The zero-order chi connectivity index (χ0) is 14.5. The van der Waals surface area contributed by atoms with Gasteiger partial charge in [0.05, 0.1) is 5.69 Å². The number of benzene rings is 1. The van der Waals surface area contributed by atoms with Crippen LogP contribution < -0.4 is 10.5 Å². The van der Waals surface area contributed by atoms with Gasteiger partial charge in [0, 0.05) is 11.8 Å². The normalized spacial score (nSPS) is 10.0. The van der Waals surface area contributed by atoms with Crippen molar-refractivity contribution in [2.45, 2.75) is 6.61 Å². The van der Waals surface area contributed by atoms with Gasteiger partial charge in [0.15, 0.2) is 0 Å². The van der Waals surface area contributed by atoms with Crippen LogP contribution in [0.25, 0.3) is 0 Å². The van der Waals surface area contributed by atoms with Gasteiger partial charge >= 0.3 is 5.97 Å². The molecule has 0 unspecified atom stereocenters. The van der Waals surface area contributed by atoms with Gasteiger partial charge in [0.1, 0.15) is 24.2 Å². The molecule has 3 N–H and O–H groups in total. The highest BCUT2D eigenvalue weighted by atomic mass is 16.5. The molecule has 2 rings (SSSR count). The maximum Gasteiger partial charge on any atom is 0.339 e. The van der Waals surface area contributed by atoms with Crippen LogP contribution in [0.5, 0.6) is 5.75 Å². The molecule has 1 aromatic heterocycles. The van der Waals surface area contributed by atoms with Crippen molar-refractivity contribution in [3.63, 3.8) is 0 Å². The summed E-state index contributed by atoms with van der Waals surface area (Å²) in [7, 11) is 0. The molecule has 102 valence electrons. The fraction of sp³-hybridized carbons (Fsp3) is 0.0769. The molecular weight excluding hydrogens is 262 g/mol. The van der Waals surface area contributed by atoms with E-state index in [0.29, 0.717) is 11.3 Å². The predicted molar refractivity (Wildman–Crippen MR) is 68.3 cm³/mol. The quantitative estimate of drug-likeness (QED) is 0.834. The average Bonchev–Trinajstić information content (AvgIpc) is 2.45. The van der Waals surface area contributed by atoms with Gasteiger partial charge in [0.2, 0.25) is 5.91 Å². The summed E-state index contributed by atoms with van der Waals surface area (Å²) in [5.74, 6) is -1.17. The highest BCUT2D eigenvalue weighted by Crippen LogP contribution is 2.14. The van der Waals surface area contributed by atoms with Gasteiger partial charge in [-0.1, -0.05) is 0 Å². The van der Waals surface area contributed by atoms with Crippen LogP contribution in [0, 0.1) is 0 Å². The summed E-state index contributed by atoms with van der Waals surface area (Å²) in [4.78, 5) is 29.4. The Bertz CT molecular complexity index is 640. The summed E-state index contributed by atoms with van der Waals surface area (Å²) < 4.78 is 5.41. The minimum atomic E-state index is -1.12. The Morgan fingerprint density at radius 3 is 2.55 bits per heavy atom. The van der Waals surface area contributed by atoms with Crippen molar-refractivity contribution in [2.75, 3.05) is 0 Å². The van der Waals surface area contributed by atoms with E-state index in [1.54, 1.807) is 12.1 Å². The Balaban J connectivity index is 2.09. The number of hydrogen-bond donors (Lipinski definition) is 2. The van der Waals surface area contributed by atoms with Crippen molar-refractivity contribution >= 4 is 11.9 Å². The molecule has 1 aromatic carbocycles. The molecule has 0 aliphatic rings. The van der Waals surface area contributed by atoms with Crippen molar-refractivity contribution in [1.82, 2.24) is 9.97 Å². The van der Waals surface area contributed by atoms with Gasteiger partial charge in [-0.25, -0.2) is 14.8 Å². The molecule has 0 aliphatic heterocycles. The second-order valence-corrected chi connectivity index (χ2v) is 3.87. The van der Waals surface area contributed by atoms with Gasteiger partial charge < -0.3 is 15.6 Å². The molecule has 0 spiro atoms. The molecule has 1 amide bonds. The van der Waals surface area contributed by atoms with Crippen molar-refractivity contribution in [1.29, 1.82) is 0 Å². The van der Waals surface area contributed by atoms with E-state index in [1.807, 2.05) is 0 Å². The third-order valence-electron chi connectivity index (χ3n) is 2.54. The number of rotatable bonds is 5.